The summed E-state index contributed by atoms with van der Waals surface area (Å²) in [7, 11) is 0. The molecule has 8 nitrogen and oxygen atoms in total. The molecule has 1 heterocycles. The Balaban J connectivity index is 1.75. The lowest BCUT2D eigenvalue weighted by Gasteiger charge is -2.12. The second kappa shape index (κ2) is 7.28. The van der Waals surface area contributed by atoms with Gasteiger partial charge in [-0.25, -0.2) is 4.79 Å². The minimum Gasteiger partial charge on any atom is -0.481 e. The summed E-state index contributed by atoms with van der Waals surface area (Å²) in [5.41, 5.74) is 8.54. The molecule has 1 aliphatic heterocycles. The fourth-order valence-electron chi connectivity index (χ4n) is 2.87. The van der Waals surface area contributed by atoms with Crippen molar-refractivity contribution in [2.24, 2.45) is 5.73 Å². The highest BCUT2D eigenvalue weighted by atomic mass is 16.4. The molecule has 1 aliphatic rings. The monoisotopic (exact) mass is 366 g/mol. The predicted molar refractivity (Wildman–Crippen MR) is 98.1 cm³/mol. The van der Waals surface area contributed by atoms with Crippen LogP contribution in [-0.4, -0.2) is 40.3 Å². The Bertz CT molecular complexity index is 906. The van der Waals surface area contributed by atoms with Gasteiger partial charge in [0.2, 0.25) is 0 Å². The van der Waals surface area contributed by atoms with Crippen LogP contribution >= 0.6 is 0 Å². The number of amides is 3. The van der Waals surface area contributed by atoms with Crippen LogP contribution in [0, 0.1) is 5.41 Å². The molecule has 0 aromatic heterocycles. The quantitative estimate of drug-likeness (QED) is 0.350. The van der Waals surface area contributed by atoms with E-state index in [4.69, 9.17) is 16.2 Å². The van der Waals surface area contributed by atoms with E-state index in [2.05, 4.69) is 5.32 Å². The Morgan fingerprint density at radius 3 is 2.15 bits per heavy atom. The van der Waals surface area contributed by atoms with E-state index in [9.17, 15) is 14.4 Å². The van der Waals surface area contributed by atoms with Crippen LogP contribution in [0.1, 0.15) is 23.6 Å². The van der Waals surface area contributed by atoms with Crippen molar-refractivity contribution in [3.05, 3.63) is 59.7 Å². The SMILES string of the molecule is N=C(N)c1ccc(-c2ccc(C3NC(=O)N(CCC(=O)O)C3=O)cc2)cc1. The number of carboxylic acid groups (broad SMARTS) is 1. The lowest BCUT2D eigenvalue weighted by Crippen LogP contribution is -2.32. The van der Waals surface area contributed by atoms with E-state index in [-0.39, 0.29) is 18.8 Å². The number of benzene rings is 2. The molecule has 0 radical (unpaired) electrons. The number of aliphatic carboxylic acids is 1. The van der Waals surface area contributed by atoms with Crippen molar-refractivity contribution in [3.63, 3.8) is 0 Å². The molecule has 8 heteroatoms. The Morgan fingerprint density at radius 2 is 1.63 bits per heavy atom. The number of carbonyl (C=O) groups is 3. The number of carbonyl (C=O) groups excluding carboxylic acids is 2. The maximum atomic E-state index is 12.4. The molecule has 2 aromatic carbocycles. The number of nitrogens with zero attached hydrogens (tertiary/aromatic N) is 1. The molecule has 1 unspecified atom stereocenters. The molecule has 0 aliphatic carbocycles. The zero-order valence-corrected chi connectivity index (χ0v) is 14.3. The zero-order chi connectivity index (χ0) is 19.6. The number of nitrogen functional groups attached to an aromatic ring is 1. The lowest BCUT2D eigenvalue weighted by atomic mass is 9.99. The summed E-state index contributed by atoms with van der Waals surface area (Å²) < 4.78 is 0. The minimum absolute atomic E-state index is 0.000150. The van der Waals surface area contributed by atoms with Crippen molar-refractivity contribution < 1.29 is 19.5 Å². The van der Waals surface area contributed by atoms with Gasteiger partial charge in [0.05, 0.1) is 6.42 Å². The summed E-state index contributed by atoms with van der Waals surface area (Å²) in [6.45, 7) is -0.156. The number of amidine groups is 1. The normalized spacial score (nSPS) is 16.3. The molecule has 138 valence electrons. The smallest absolute Gasteiger partial charge is 0.325 e. The molecule has 3 rings (SSSR count). The van der Waals surface area contributed by atoms with Crippen LogP contribution in [-0.2, 0) is 9.59 Å². The number of urea groups is 1. The summed E-state index contributed by atoms with van der Waals surface area (Å²) in [4.78, 5) is 35.9. The average Bonchev–Trinajstić information content (AvgIpc) is 2.94. The first-order chi connectivity index (χ1) is 12.9. The Hall–Kier alpha value is -3.68. The number of carboxylic acids is 1. The van der Waals surface area contributed by atoms with Crippen LogP contribution < -0.4 is 11.1 Å². The van der Waals surface area contributed by atoms with Crippen molar-refractivity contribution in [2.75, 3.05) is 6.54 Å². The van der Waals surface area contributed by atoms with Gasteiger partial charge in [0.1, 0.15) is 11.9 Å². The maximum absolute atomic E-state index is 12.4. The van der Waals surface area contributed by atoms with Gasteiger partial charge in [0.15, 0.2) is 0 Å². The van der Waals surface area contributed by atoms with Gasteiger partial charge in [-0.3, -0.25) is 19.9 Å². The Morgan fingerprint density at radius 1 is 1.07 bits per heavy atom. The van der Waals surface area contributed by atoms with Crippen LogP contribution in [0.4, 0.5) is 4.79 Å². The molecule has 1 fully saturated rings. The fraction of sp³-hybridized carbons (Fsp3) is 0.158. The molecule has 2 aromatic rings. The van der Waals surface area contributed by atoms with Gasteiger partial charge >= 0.3 is 12.0 Å². The van der Waals surface area contributed by atoms with Crippen molar-refractivity contribution in [1.29, 1.82) is 5.41 Å². The summed E-state index contributed by atoms with van der Waals surface area (Å²) in [6, 6.07) is 13.0. The lowest BCUT2D eigenvalue weighted by molar-refractivity contribution is -0.137. The zero-order valence-electron chi connectivity index (χ0n) is 14.3. The summed E-state index contributed by atoms with van der Waals surface area (Å²) in [5, 5.41) is 18.7. The van der Waals surface area contributed by atoms with Crippen LogP contribution in [0.15, 0.2) is 48.5 Å². The van der Waals surface area contributed by atoms with E-state index in [1.807, 2.05) is 24.3 Å². The number of nitrogens with two attached hydrogens (primary N) is 1. The molecule has 0 saturated carbocycles. The van der Waals surface area contributed by atoms with Crippen LogP contribution in [0.25, 0.3) is 11.1 Å². The molecule has 27 heavy (non-hydrogen) atoms. The highest BCUT2D eigenvalue weighted by Crippen LogP contribution is 2.26. The van der Waals surface area contributed by atoms with Crippen LogP contribution in [0.3, 0.4) is 0 Å². The third-order valence-electron chi connectivity index (χ3n) is 4.35. The van der Waals surface area contributed by atoms with Gasteiger partial charge in [-0.2, -0.15) is 0 Å². The third-order valence-corrected chi connectivity index (χ3v) is 4.35. The third kappa shape index (κ3) is 3.79. The first-order valence-electron chi connectivity index (χ1n) is 8.25. The molecular formula is C19H18N4O4. The Labute approximate surface area is 155 Å². The van der Waals surface area contributed by atoms with Crippen molar-refractivity contribution >= 4 is 23.7 Å². The molecule has 5 N–H and O–H groups in total. The number of rotatable bonds is 6. The summed E-state index contributed by atoms with van der Waals surface area (Å²) in [5.74, 6) is -1.53. The highest BCUT2D eigenvalue weighted by Gasteiger charge is 2.38. The summed E-state index contributed by atoms with van der Waals surface area (Å²) >= 11 is 0. The first kappa shape index (κ1) is 18.1. The number of hydrogen-bond donors (Lipinski definition) is 4. The molecule has 1 atom stereocenters. The van der Waals surface area contributed by atoms with E-state index < -0.39 is 23.9 Å². The molecule has 1 saturated heterocycles. The first-order valence-corrected chi connectivity index (χ1v) is 8.25. The standard InChI is InChI=1S/C19H18N4O4/c20-17(21)14-7-3-12(4-8-14)11-1-5-13(6-2-11)16-18(26)23(19(27)22-16)10-9-15(24)25/h1-8,16H,9-10H2,(H3,20,21)(H,22,27)(H,24,25). The van der Waals surface area contributed by atoms with Crippen LogP contribution in [0.2, 0.25) is 0 Å². The minimum atomic E-state index is -1.07. The molecule has 0 spiro atoms. The van der Waals surface area contributed by atoms with Gasteiger partial charge < -0.3 is 16.2 Å². The van der Waals surface area contributed by atoms with Gasteiger partial charge in [-0.15, -0.1) is 0 Å². The Kier molecular flexibility index (Phi) is 4.89. The van der Waals surface area contributed by atoms with Gasteiger partial charge in [-0.1, -0.05) is 48.5 Å². The maximum Gasteiger partial charge on any atom is 0.325 e. The van der Waals surface area contributed by atoms with Gasteiger partial charge in [-0.05, 0) is 16.7 Å². The average molecular weight is 366 g/mol. The van der Waals surface area contributed by atoms with Gasteiger partial charge in [0.25, 0.3) is 5.91 Å². The van der Waals surface area contributed by atoms with Crippen molar-refractivity contribution in [3.8, 4) is 11.1 Å². The van der Waals surface area contributed by atoms with E-state index in [1.165, 1.54) is 0 Å². The van der Waals surface area contributed by atoms with Crippen molar-refractivity contribution in [2.45, 2.75) is 12.5 Å². The van der Waals surface area contributed by atoms with Gasteiger partial charge in [0, 0.05) is 12.1 Å². The number of nitrogens with one attached hydrogen (secondary N) is 2. The summed E-state index contributed by atoms with van der Waals surface area (Å²) in [6.07, 6.45) is -0.291. The van der Waals surface area contributed by atoms with Crippen LogP contribution in [0.5, 0.6) is 0 Å². The largest absolute Gasteiger partial charge is 0.481 e. The molecular weight excluding hydrogens is 348 g/mol. The second-order valence-corrected chi connectivity index (χ2v) is 6.13. The van der Waals surface area contributed by atoms with Crippen molar-refractivity contribution in [1.82, 2.24) is 10.2 Å². The van der Waals surface area contributed by atoms with E-state index in [0.717, 1.165) is 16.0 Å². The highest BCUT2D eigenvalue weighted by molar-refractivity contribution is 6.04. The van der Waals surface area contributed by atoms with E-state index in [0.29, 0.717) is 11.1 Å². The predicted octanol–water partition coefficient (Wildman–Crippen LogP) is 1.71. The molecule has 3 amide bonds. The van der Waals surface area contributed by atoms with E-state index in [1.54, 1.807) is 24.3 Å². The second-order valence-electron chi connectivity index (χ2n) is 6.13. The number of hydrogen-bond acceptors (Lipinski definition) is 4. The molecule has 0 bridgehead atoms. The topological polar surface area (TPSA) is 137 Å². The number of imide groups is 1. The fourth-order valence-corrected chi connectivity index (χ4v) is 2.87. The van der Waals surface area contributed by atoms with E-state index >= 15 is 0 Å².